The molecule has 2 nitrogen and oxygen atoms in total. The molecule has 0 bridgehead atoms. The van der Waals surface area contributed by atoms with Crippen LogP contribution in [0.4, 0.5) is 0 Å². The molecule has 1 aliphatic heterocycles. The number of hydrogen-bond donors (Lipinski definition) is 0. The van der Waals surface area contributed by atoms with E-state index in [-0.39, 0.29) is 0 Å². The third-order valence-electron chi connectivity index (χ3n) is 2.95. The van der Waals surface area contributed by atoms with E-state index in [4.69, 9.17) is 0 Å². The van der Waals surface area contributed by atoms with E-state index < -0.39 is 9.84 Å². The molecule has 0 aromatic rings. The maximum absolute atomic E-state index is 11.5. The largest absolute Gasteiger partial charge is 0.228 e. The van der Waals surface area contributed by atoms with Gasteiger partial charge in [-0.2, -0.15) is 0 Å². The second-order valence-electron chi connectivity index (χ2n) is 4.45. The smallest absolute Gasteiger partial charge is 0.157 e. The summed E-state index contributed by atoms with van der Waals surface area (Å²) in [6.07, 6.45) is 6.53. The minimum Gasteiger partial charge on any atom is -0.228 e. The molecular formula is C12H22O2S. The van der Waals surface area contributed by atoms with Crippen LogP contribution >= 0.6 is 0 Å². The van der Waals surface area contributed by atoms with E-state index in [0.717, 1.165) is 38.5 Å². The van der Waals surface area contributed by atoms with Crippen LogP contribution in [-0.2, 0) is 9.84 Å². The Labute approximate surface area is 93.7 Å². The lowest BCUT2D eigenvalue weighted by molar-refractivity contribution is 0.601. The van der Waals surface area contributed by atoms with Crippen LogP contribution < -0.4 is 0 Å². The highest BCUT2D eigenvalue weighted by molar-refractivity contribution is 7.92. The molecule has 0 fully saturated rings. The Kier molecular flexibility index (Phi) is 4.84. The summed E-state index contributed by atoms with van der Waals surface area (Å²) in [4.78, 5) is 0. The Morgan fingerprint density at radius 3 is 1.67 bits per heavy atom. The monoisotopic (exact) mass is 230 g/mol. The zero-order chi connectivity index (χ0) is 11.3. The number of rotatable bonds is 6. The van der Waals surface area contributed by atoms with Crippen LogP contribution in [0.3, 0.4) is 0 Å². The van der Waals surface area contributed by atoms with Crippen molar-refractivity contribution < 1.29 is 8.42 Å². The minimum atomic E-state index is -2.78. The van der Waals surface area contributed by atoms with Gasteiger partial charge in [-0.1, -0.05) is 37.8 Å². The molecule has 0 saturated carbocycles. The van der Waals surface area contributed by atoms with Crippen molar-refractivity contribution in [1.29, 1.82) is 0 Å². The van der Waals surface area contributed by atoms with Gasteiger partial charge in [0.15, 0.2) is 9.84 Å². The number of unbranched alkanes of at least 4 members (excludes halogenated alkanes) is 2. The van der Waals surface area contributed by atoms with Crippen LogP contribution in [0.2, 0.25) is 0 Å². The molecule has 15 heavy (non-hydrogen) atoms. The molecule has 3 heteroatoms. The Morgan fingerprint density at radius 2 is 1.33 bits per heavy atom. The van der Waals surface area contributed by atoms with Crippen LogP contribution in [0.15, 0.2) is 11.1 Å². The summed E-state index contributed by atoms with van der Waals surface area (Å²) in [5, 5.41) is 0. The average molecular weight is 230 g/mol. The maximum Gasteiger partial charge on any atom is 0.157 e. The molecule has 0 amide bonds. The van der Waals surface area contributed by atoms with Gasteiger partial charge in [0.25, 0.3) is 0 Å². The highest BCUT2D eigenvalue weighted by atomic mass is 32.2. The van der Waals surface area contributed by atoms with Gasteiger partial charge in [0.05, 0.1) is 11.5 Å². The average Bonchev–Trinajstić information content (AvgIpc) is 2.47. The van der Waals surface area contributed by atoms with Gasteiger partial charge < -0.3 is 0 Å². The fourth-order valence-electron chi connectivity index (χ4n) is 2.06. The fourth-order valence-corrected chi connectivity index (χ4v) is 3.93. The van der Waals surface area contributed by atoms with Gasteiger partial charge in [0.2, 0.25) is 0 Å². The predicted octanol–water partition coefficient (Wildman–Crippen LogP) is 3.09. The van der Waals surface area contributed by atoms with Crippen molar-refractivity contribution in [2.75, 3.05) is 11.5 Å². The molecule has 88 valence electrons. The first-order chi connectivity index (χ1) is 7.09. The summed E-state index contributed by atoms with van der Waals surface area (Å²) in [6.45, 7) is 4.30. The Hall–Kier alpha value is -0.310. The second kappa shape index (κ2) is 5.69. The molecule has 0 aromatic heterocycles. The van der Waals surface area contributed by atoms with E-state index >= 15 is 0 Å². The van der Waals surface area contributed by atoms with Gasteiger partial charge in [-0.15, -0.1) is 0 Å². The number of hydrogen-bond acceptors (Lipinski definition) is 2. The standard InChI is InChI=1S/C12H22O2S/c1-3-5-7-11-9-15(13,14)10-12(11)8-6-4-2/h3-10H2,1-2H3. The zero-order valence-corrected chi connectivity index (χ0v) is 10.7. The van der Waals surface area contributed by atoms with Crippen LogP contribution in [-0.4, -0.2) is 19.9 Å². The highest BCUT2D eigenvalue weighted by Crippen LogP contribution is 2.27. The van der Waals surface area contributed by atoms with E-state index in [9.17, 15) is 8.42 Å². The van der Waals surface area contributed by atoms with Crippen LogP contribution in [0.25, 0.3) is 0 Å². The third kappa shape index (κ3) is 3.98. The van der Waals surface area contributed by atoms with Gasteiger partial charge >= 0.3 is 0 Å². The first-order valence-electron chi connectivity index (χ1n) is 5.99. The topological polar surface area (TPSA) is 34.1 Å². The summed E-state index contributed by atoms with van der Waals surface area (Å²) >= 11 is 0. The first kappa shape index (κ1) is 12.8. The third-order valence-corrected chi connectivity index (χ3v) is 4.53. The van der Waals surface area contributed by atoms with E-state index in [1.807, 2.05) is 0 Å². The summed E-state index contributed by atoms with van der Waals surface area (Å²) in [6, 6.07) is 0. The minimum absolute atomic E-state index is 0.339. The summed E-state index contributed by atoms with van der Waals surface area (Å²) in [7, 11) is -2.78. The van der Waals surface area contributed by atoms with Gasteiger partial charge in [-0.05, 0) is 25.7 Å². The Morgan fingerprint density at radius 1 is 0.933 bits per heavy atom. The molecule has 0 unspecified atom stereocenters. The molecule has 1 heterocycles. The predicted molar refractivity (Wildman–Crippen MR) is 64.7 cm³/mol. The molecule has 0 aromatic carbocycles. The lowest BCUT2D eigenvalue weighted by atomic mass is 10.0. The molecule has 0 radical (unpaired) electrons. The van der Waals surface area contributed by atoms with Gasteiger partial charge in [-0.3, -0.25) is 0 Å². The van der Waals surface area contributed by atoms with Crippen LogP contribution in [0, 0.1) is 0 Å². The molecule has 0 saturated heterocycles. The van der Waals surface area contributed by atoms with Crippen molar-refractivity contribution >= 4 is 9.84 Å². The molecule has 0 spiro atoms. The van der Waals surface area contributed by atoms with Crippen LogP contribution in [0.1, 0.15) is 52.4 Å². The highest BCUT2D eigenvalue weighted by Gasteiger charge is 2.25. The van der Waals surface area contributed by atoms with Gasteiger partial charge in [0, 0.05) is 0 Å². The van der Waals surface area contributed by atoms with Crippen molar-refractivity contribution in [2.45, 2.75) is 52.4 Å². The maximum atomic E-state index is 11.5. The van der Waals surface area contributed by atoms with Crippen LogP contribution in [0.5, 0.6) is 0 Å². The van der Waals surface area contributed by atoms with Crippen molar-refractivity contribution in [3.8, 4) is 0 Å². The van der Waals surface area contributed by atoms with E-state index in [1.54, 1.807) is 0 Å². The summed E-state index contributed by atoms with van der Waals surface area (Å²) < 4.78 is 23.1. The van der Waals surface area contributed by atoms with Gasteiger partial charge in [0.1, 0.15) is 0 Å². The fraction of sp³-hybridized carbons (Fsp3) is 0.833. The van der Waals surface area contributed by atoms with Crippen molar-refractivity contribution in [1.82, 2.24) is 0 Å². The van der Waals surface area contributed by atoms with E-state index in [1.165, 1.54) is 11.1 Å². The van der Waals surface area contributed by atoms with Crippen molar-refractivity contribution in [3.63, 3.8) is 0 Å². The molecular weight excluding hydrogens is 208 g/mol. The molecule has 0 aliphatic carbocycles. The SMILES string of the molecule is CCCCC1=C(CCCC)CS(=O)(=O)C1. The van der Waals surface area contributed by atoms with E-state index in [0.29, 0.717) is 11.5 Å². The zero-order valence-electron chi connectivity index (χ0n) is 9.88. The van der Waals surface area contributed by atoms with E-state index in [2.05, 4.69) is 13.8 Å². The first-order valence-corrected chi connectivity index (χ1v) is 7.81. The van der Waals surface area contributed by atoms with Crippen molar-refractivity contribution in [3.05, 3.63) is 11.1 Å². The Balaban J connectivity index is 2.64. The lowest BCUT2D eigenvalue weighted by Crippen LogP contribution is -2.03. The second-order valence-corrected chi connectivity index (χ2v) is 6.51. The summed E-state index contributed by atoms with van der Waals surface area (Å²) in [5.41, 5.74) is 2.45. The molecule has 1 rings (SSSR count). The lowest BCUT2D eigenvalue weighted by Gasteiger charge is -2.04. The quantitative estimate of drug-likeness (QED) is 0.657. The molecule has 0 N–H and O–H groups in total. The molecule has 0 atom stereocenters. The number of sulfone groups is 1. The molecule has 1 aliphatic rings. The normalized spacial score (nSPS) is 19.9. The van der Waals surface area contributed by atoms with Gasteiger partial charge in [-0.25, -0.2) is 8.42 Å². The Bertz CT molecular complexity index is 300. The van der Waals surface area contributed by atoms with Crippen molar-refractivity contribution in [2.24, 2.45) is 0 Å². The summed E-state index contributed by atoms with van der Waals surface area (Å²) in [5.74, 6) is 0.679.